The van der Waals surface area contributed by atoms with Gasteiger partial charge in [0, 0.05) is 6.54 Å². The van der Waals surface area contributed by atoms with Crippen molar-refractivity contribution in [2.45, 2.75) is 13.8 Å². The molecule has 0 aliphatic rings. The van der Waals surface area contributed by atoms with Crippen LogP contribution in [0.5, 0.6) is 0 Å². The number of likely N-dealkylation sites (N-methyl/N-ethyl adjacent to an activating group) is 1. The van der Waals surface area contributed by atoms with E-state index in [0.29, 0.717) is 0 Å². The first-order valence-corrected chi connectivity index (χ1v) is 5.53. The molecule has 0 N–H and O–H groups in total. The van der Waals surface area contributed by atoms with Gasteiger partial charge in [0.2, 0.25) is 0 Å². The molecule has 0 aromatic carbocycles. The Labute approximate surface area is 74.3 Å². The zero-order chi connectivity index (χ0) is 8.53. The van der Waals surface area contributed by atoms with Gasteiger partial charge in [-0.2, -0.15) is 0 Å². The minimum atomic E-state index is 0.821. The van der Waals surface area contributed by atoms with Crippen LogP contribution in [0.15, 0.2) is 0 Å². The highest BCUT2D eigenvalue weighted by Gasteiger charge is 1.96. The van der Waals surface area contributed by atoms with Crippen LogP contribution in [0.1, 0.15) is 13.8 Å². The molecule has 0 saturated heterocycles. The molecular formula is C8H19NOS. The Kier molecular flexibility index (Phi) is 8.57. The summed E-state index contributed by atoms with van der Waals surface area (Å²) in [6, 6.07) is 0. The molecule has 2 nitrogen and oxygen atoms in total. The van der Waals surface area contributed by atoms with E-state index in [-0.39, 0.29) is 0 Å². The zero-order valence-electron chi connectivity index (χ0n) is 7.80. The standard InChI is InChI=1S/C8H19NOS/c1-4-9(5-2)6-7-10-8-11-3/h4-8H2,1-3H3. The molecule has 0 spiro atoms. The van der Waals surface area contributed by atoms with Crippen LogP contribution in [0.2, 0.25) is 0 Å². The van der Waals surface area contributed by atoms with Crippen molar-refractivity contribution in [3.8, 4) is 0 Å². The smallest absolute Gasteiger partial charge is 0.0918 e. The Bertz CT molecular complexity index is 76.5. The molecule has 3 heteroatoms. The van der Waals surface area contributed by atoms with Crippen LogP contribution in [0, 0.1) is 0 Å². The molecule has 11 heavy (non-hydrogen) atoms. The third-order valence-corrected chi connectivity index (χ3v) is 2.05. The predicted molar refractivity (Wildman–Crippen MR) is 52.1 cm³/mol. The fraction of sp³-hybridized carbons (Fsp3) is 1.00. The van der Waals surface area contributed by atoms with Gasteiger partial charge >= 0.3 is 0 Å². The Hall–Kier alpha value is 0.270. The van der Waals surface area contributed by atoms with E-state index >= 15 is 0 Å². The van der Waals surface area contributed by atoms with Crippen LogP contribution < -0.4 is 0 Å². The number of hydrogen-bond acceptors (Lipinski definition) is 3. The summed E-state index contributed by atoms with van der Waals surface area (Å²) >= 11 is 1.73. The van der Waals surface area contributed by atoms with Crippen LogP contribution in [-0.4, -0.2) is 43.3 Å². The van der Waals surface area contributed by atoms with Crippen molar-refractivity contribution in [2.24, 2.45) is 0 Å². The Morgan fingerprint density at radius 1 is 1.27 bits per heavy atom. The van der Waals surface area contributed by atoms with Gasteiger partial charge in [-0.1, -0.05) is 13.8 Å². The van der Waals surface area contributed by atoms with Crippen LogP contribution >= 0.6 is 11.8 Å². The number of nitrogens with zero attached hydrogens (tertiary/aromatic N) is 1. The molecule has 0 amide bonds. The summed E-state index contributed by atoms with van der Waals surface area (Å²) in [6.45, 7) is 8.53. The minimum Gasteiger partial charge on any atom is -0.370 e. The third-order valence-electron chi connectivity index (χ3n) is 1.65. The minimum absolute atomic E-state index is 0.821. The van der Waals surface area contributed by atoms with Crippen LogP contribution in [-0.2, 0) is 4.74 Å². The van der Waals surface area contributed by atoms with Crippen molar-refractivity contribution in [2.75, 3.05) is 38.4 Å². The number of ether oxygens (including phenoxy) is 1. The average Bonchev–Trinajstić information content (AvgIpc) is 2.05. The lowest BCUT2D eigenvalue weighted by Gasteiger charge is -2.17. The summed E-state index contributed by atoms with van der Waals surface area (Å²) in [5.74, 6) is 0.821. The zero-order valence-corrected chi connectivity index (χ0v) is 8.62. The molecular weight excluding hydrogens is 158 g/mol. The molecule has 0 heterocycles. The van der Waals surface area contributed by atoms with Gasteiger partial charge in [-0.15, -0.1) is 11.8 Å². The second kappa shape index (κ2) is 8.37. The van der Waals surface area contributed by atoms with Gasteiger partial charge < -0.3 is 9.64 Å². The monoisotopic (exact) mass is 177 g/mol. The summed E-state index contributed by atoms with van der Waals surface area (Å²) in [5, 5.41) is 0. The molecule has 0 fully saturated rings. The van der Waals surface area contributed by atoms with Crippen LogP contribution in [0.3, 0.4) is 0 Å². The molecule has 68 valence electrons. The van der Waals surface area contributed by atoms with Gasteiger partial charge in [0.1, 0.15) is 0 Å². The van der Waals surface area contributed by atoms with Crippen molar-refractivity contribution in [1.29, 1.82) is 0 Å². The van der Waals surface area contributed by atoms with E-state index in [9.17, 15) is 0 Å². The molecule has 0 unspecified atom stereocenters. The maximum Gasteiger partial charge on any atom is 0.0918 e. The summed E-state index contributed by atoms with van der Waals surface area (Å²) in [6.07, 6.45) is 2.05. The fourth-order valence-corrected chi connectivity index (χ4v) is 1.16. The average molecular weight is 177 g/mol. The molecule has 0 aliphatic heterocycles. The molecule has 0 atom stereocenters. The van der Waals surface area contributed by atoms with Crippen molar-refractivity contribution in [3.05, 3.63) is 0 Å². The topological polar surface area (TPSA) is 12.5 Å². The lowest BCUT2D eigenvalue weighted by Crippen LogP contribution is -2.26. The predicted octanol–water partition coefficient (Wildman–Crippen LogP) is 1.67. The second-order valence-corrected chi connectivity index (χ2v) is 3.15. The quantitative estimate of drug-likeness (QED) is 0.433. The fourth-order valence-electron chi connectivity index (χ4n) is 0.876. The highest BCUT2D eigenvalue weighted by atomic mass is 32.2. The number of thioether (sulfide) groups is 1. The first-order chi connectivity index (χ1) is 5.35. The van der Waals surface area contributed by atoms with Crippen molar-refractivity contribution < 1.29 is 4.74 Å². The largest absolute Gasteiger partial charge is 0.370 e. The van der Waals surface area contributed by atoms with Crippen molar-refractivity contribution in [1.82, 2.24) is 4.90 Å². The molecule has 0 aliphatic carbocycles. The second-order valence-electron chi connectivity index (χ2n) is 2.34. The summed E-state index contributed by atoms with van der Waals surface area (Å²) < 4.78 is 5.34. The molecule has 0 rings (SSSR count). The van der Waals surface area contributed by atoms with Gasteiger partial charge in [0.25, 0.3) is 0 Å². The summed E-state index contributed by atoms with van der Waals surface area (Å²) in [4.78, 5) is 2.36. The molecule has 0 aromatic heterocycles. The van der Waals surface area contributed by atoms with Crippen molar-refractivity contribution >= 4 is 11.8 Å². The van der Waals surface area contributed by atoms with E-state index in [4.69, 9.17) is 4.74 Å². The molecule has 0 aromatic rings. The van der Waals surface area contributed by atoms with E-state index in [2.05, 4.69) is 25.0 Å². The van der Waals surface area contributed by atoms with E-state index < -0.39 is 0 Å². The van der Waals surface area contributed by atoms with E-state index in [1.165, 1.54) is 0 Å². The number of rotatable bonds is 7. The number of hydrogen-bond donors (Lipinski definition) is 0. The lowest BCUT2D eigenvalue weighted by atomic mass is 10.5. The maximum atomic E-state index is 5.34. The molecule has 0 bridgehead atoms. The van der Waals surface area contributed by atoms with Gasteiger partial charge in [0.05, 0.1) is 12.5 Å². The van der Waals surface area contributed by atoms with Crippen LogP contribution in [0.4, 0.5) is 0 Å². The molecule has 0 radical (unpaired) electrons. The summed E-state index contributed by atoms with van der Waals surface area (Å²) in [5.41, 5.74) is 0. The van der Waals surface area contributed by atoms with Gasteiger partial charge in [-0.25, -0.2) is 0 Å². The maximum absolute atomic E-state index is 5.34. The first kappa shape index (κ1) is 11.3. The van der Waals surface area contributed by atoms with E-state index in [0.717, 1.165) is 32.2 Å². The Balaban J connectivity index is 3.07. The van der Waals surface area contributed by atoms with Gasteiger partial charge in [-0.05, 0) is 19.3 Å². The van der Waals surface area contributed by atoms with Crippen molar-refractivity contribution in [3.63, 3.8) is 0 Å². The van der Waals surface area contributed by atoms with E-state index in [1.807, 2.05) is 0 Å². The third kappa shape index (κ3) is 6.66. The summed E-state index contributed by atoms with van der Waals surface area (Å²) in [7, 11) is 0. The van der Waals surface area contributed by atoms with Crippen LogP contribution in [0.25, 0.3) is 0 Å². The Morgan fingerprint density at radius 2 is 1.91 bits per heavy atom. The first-order valence-electron chi connectivity index (χ1n) is 4.14. The lowest BCUT2D eigenvalue weighted by molar-refractivity contribution is 0.143. The van der Waals surface area contributed by atoms with E-state index in [1.54, 1.807) is 11.8 Å². The SMILES string of the molecule is CCN(CC)CCOCSC. The van der Waals surface area contributed by atoms with Gasteiger partial charge in [0.15, 0.2) is 0 Å². The highest BCUT2D eigenvalue weighted by molar-refractivity contribution is 7.98. The molecule has 0 saturated carbocycles. The Morgan fingerprint density at radius 3 is 2.36 bits per heavy atom. The van der Waals surface area contributed by atoms with Gasteiger partial charge in [-0.3, -0.25) is 0 Å². The normalized spacial score (nSPS) is 10.9. The highest BCUT2D eigenvalue weighted by Crippen LogP contribution is 1.93.